The molecular formula is C14H26NO4+. The first-order valence-corrected chi connectivity index (χ1v) is 6.61. The van der Waals surface area contributed by atoms with Crippen LogP contribution in [0.5, 0.6) is 0 Å². The van der Waals surface area contributed by atoms with Crippen LogP contribution >= 0.6 is 0 Å². The molecule has 0 saturated carbocycles. The maximum absolute atomic E-state index is 11.6. The van der Waals surface area contributed by atoms with E-state index in [2.05, 4.69) is 0 Å². The number of hydrogen-bond acceptors (Lipinski definition) is 3. The molecule has 0 heterocycles. The fraction of sp³-hybridized carbons (Fsp3) is 0.714. The number of likely N-dealkylation sites (N-methyl/N-ethyl adjacent to an activating group) is 1. The van der Waals surface area contributed by atoms with E-state index < -0.39 is 12.1 Å². The number of carbonyl (C=O) groups excluding carboxylic acids is 1. The Kier molecular flexibility index (Phi) is 8.07. The van der Waals surface area contributed by atoms with Crippen LogP contribution in [0.2, 0.25) is 0 Å². The van der Waals surface area contributed by atoms with Gasteiger partial charge in [-0.25, -0.2) is 0 Å². The van der Waals surface area contributed by atoms with E-state index in [1.54, 1.807) is 0 Å². The lowest BCUT2D eigenvalue weighted by molar-refractivity contribution is -0.873. The largest absolute Gasteiger partial charge is 0.481 e. The Morgan fingerprint density at radius 2 is 1.89 bits per heavy atom. The number of nitrogens with zero attached hydrogens (tertiary/aromatic N) is 1. The van der Waals surface area contributed by atoms with Gasteiger partial charge < -0.3 is 14.3 Å². The number of rotatable bonds is 9. The maximum atomic E-state index is 11.6. The van der Waals surface area contributed by atoms with Crippen molar-refractivity contribution in [3.63, 3.8) is 0 Å². The van der Waals surface area contributed by atoms with Gasteiger partial charge in [-0.15, -0.1) is 0 Å². The van der Waals surface area contributed by atoms with Crippen LogP contribution in [0.4, 0.5) is 0 Å². The number of carboxylic acid groups (broad SMARTS) is 1. The third-order valence-corrected chi connectivity index (χ3v) is 2.37. The van der Waals surface area contributed by atoms with Crippen molar-refractivity contribution in [2.75, 3.05) is 27.7 Å². The number of esters is 1. The van der Waals surface area contributed by atoms with Crippen LogP contribution in [-0.4, -0.2) is 55.3 Å². The van der Waals surface area contributed by atoms with Crippen LogP contribution in [0.1, 0.15) is 32.6 Å². The van der Waals surface area contributed by atoms with Crippen molar-refractivity contribution < 1.29 is 23.9 Å². The van der Waals surface area contributed by atoms with Crippen LogP contribution in [-0.2, 0) is 14.3 Å². The van der Waals surface area contributed by atoms with Crippen molar-refractivity contribution in [1.82, 2.24) is 0 Å². The molecule has 0 amide bonds. The summed E-state index contributed by atoms with van der Waals surface area (Å²) in [6.07, 6.45) is 5.09. The van der Waals surface area contributed by atoms with Gasteiger partial charge in [0.1, 0.15) is 6.54 Å². The van der Waals surface area contributed by atoms with E-state index in [0.717, 1.165) is 6.42 Å². The number of allylic oxidation sites excluding steroid dienone is 2. The monoisotopic (exact) mass is 272 g/mol. The Hall–Kier alpha value is -1.36. The fourth-order valence-corrected chi connectivity index (χ4v) is 1.68. The van der Waals surface area contributed by atoms with E-state index in [4.69, 9.17) is 9.84 Å². The molecule has 0 aromatic carbocycles. The third kappa shape index (κ3) is 11.5. The van der Waals surface area contributed by atoms with Gasteiger partial charge in [-0.2, -0.15) is 0 Å². The van der Waals surface area contributed by atoms with E-state index >= 15 is 0 Å². The lowest BCUT2D eigenvalue weighted by atomic mass is 10.2. The van der Waals surface area contributed by atoms with Gasteiger partial charge in [0.2, 0.25) is 0 Å². The second-order valence-corrected chi connectivity index (χ2v) is 5.60. The van der Waals surface area contributed by atoms with Gasteiger partial charge in [-0.1, -0.05) is 19.1 Å². The molecule has 0 radical (unpaired) electrons. The van der Waals surface area contributed by atoms with Crippen molar-refractivity contribution in [3.05, 3.63) is 12.2 Å². The molecule has 0 rings (SSSR count). The number of hydrogen-bond donors (Lipinski definition) is 1. The molecule has 0 aliphatic rings. The highest BCUT2D eigenvalue weighted by Crippen LogP contribution is 2.07. The number of aliphatic carboxylic acids is 1. The van der Waals surface area contributed by atoms with Crippen LogP contribution in [0.3, 0.4) is 0 Å². The number of carboxylic acids is 1. The third-order valence-electron chi connectivity index (χ3n) is 2.37. The zero-order valence-corrected chi connectivity index (χ0v) is 12.4. The molecule has 0 aliphatic heterocycles. The zero-order valence-electron chi connectivity index (χ0n) is 12.4. The first kappa shape index (κ1) is 17.6. The first-order chi connectivity index (χ1) is 8.74. The van der Waals surface area contributed by atoms with Gasteiger partial charge in [0, 0.05) is 6.42 Å². The fourth-order valence-electron chi connectivity index (χ4n) is 1.68. The van der Waals surface area contributed by atoms with E-state index in [1.165, 1.54) is 0 Å². The summed E-state index contributed by atoms with van der Waals surface area (Å²) in [5, 5.41) is 8.83. The number of carbonyl (C=O) groups is 2. The highest BCUT2D eigenvalue weighted by atomic mass is 16.5. The van der Waals surface area contributed by atoms with Crippen LogP contribution in [0.15, 0.2) is 12.2 Å². The average Bonchev–Trinajstić information content (AvgIpc) is 2.20. The number of ether oxygens (including phenoxy) is 1. The molecule has 0 bridgehead atoms. The van der Waals surface area contributed by atoms with E-state index in [9.17, 15) is 9.59 Å². The summed E-state index contributed by atoms with van der Waals surface area (Å²) in [4.78, 5) is 22.4. The van der Waals surface area contributed by atoms with Gasteiger partial charge in [0.15, 0.2) is 6.10 Å². The Labute approximate surface area is 115 Å². The summed E-state index contributed by atoms with van der Waals surface area (Å²) >= 11 is 0. The summed E-state index contributed by atoms with van der Waals surface area (Å²) < 4.78 is 5.80. The van der Waals surface area contributed by atoms with Crippen molar-refractivity contribution in [3.8, 4) is 0 Å². The normalized spacial score (nSPS) is 13.5. The minimum Gasteiger partial charge on any atom is -0.481 e. The minimum atomic E-state index is -0.947. The molecule has 19 heavy (non-hydrogen) atoms. The molecule has 0 aromatic heterocycles. The minimum absolute atomic E-state index is 0.147. The Morgan fingerprint density at radius 1 is 1.26 bits per heavy atom. The topological polar surface area (TPSA) is 63.6 Å². The highest BCUT2D eigenvalue weighted by Gasteiger charge is 2.24. The quantitative estimate of drug-likeness (QED) is 0.395. The van der Waals surface area contributed by atoms with Crippen molar-refractivity contribution in [1.29, 1.82) is 0 Å². The number of quaternary nitrogens is 1. The Balaban J connectivity index is 4.26. The summed E-state index contributed by atoms with van der Waals surface area (Å²) in [6.45, 7) is 2.52. The van der Waals surface area contributed by atoms with E-state index in [0.29, 0.717) is 23.9 Å². The molecule has 0 aliphatic carbocycles. The standard InChI is InChI=1S/C14H25NO4/c1-5-6-7-8-9-14(18)19-12(10-13(16)17)11-15(2,3)4/h6-7,12H,5,8-11H2,1-4H3/p+1/b7-6+. The molecule has 0 fully saturated rings. The molecule has 0 aromatic rings. The van der Waals surface area contributed by atoms with Crippen molar-refractivity contribution >= 4 is 11.9 Å². The van der Waals surface area contributed by atoms with Gasteiger partial charge in [0.25, 0.3) is 0 Å². The van der Waals surface area contributed by atoms with Gasteiger partial charge in [-0.05, 0) is 12.8 Å². The van der Waals surface area contributed by atoms with E-state index in [-0.39, 0.29) is 12.4 Å². The van der Waals surface area contributed by atoms with Gasteiger partial charge in [-0.3, -0.25) is 9.59 Å². The Morgan fingerprint density at radius 3 is 2.37 bits per heavy atom. The smallest absolute Gasteiger partial charge is 0.307 e. The summed E-state index contributed by atoms with van der Waals surface area (Å²) in [6, 6.07) is 0. The molecule has 5 nitrogen and oxygen atoms in total. The highest BCUT2D eigenvalue weighted by molar-refractivity contribution is 5.71. The lowest BCUT2D eigenvalue weighted by Crippen LogP contribution is -2.43. The zero-order chi connectivity index (χ0) is 14.9. The summed E-state index contributed by atoms with van der Waals surface area (Å²) in [5.74, 6) is -1.28. The first-order valence-electron chi connectivity index (χ1n) is 6.61. The maximum Gasteiger partial charge on any atom is 0.307 e. The molecule has 1 atom stereocenters. The summed E-state index contributed by atoms with van der Waals surface area (Å²) in [7, 11) is 5.81. The molecule has 1 N–H and O–H groups in total. The summed E-state index contributed by atoms with van der Waals surface area (Å²) in [5.41, 5.74) is 0. The van der Waals surface area contributed by atoms with Gasteiger partial charge in [0.05, 0.1) is 27.6 Å². The molecule has 0 spiro atoms. The van der Waals surface area contributed by atoms with Gasteiger partial charge >= 0.3 is 11.9 Å². The Bertz CT molecular complexity index is 318. The van der Waals surface area contributed by atoms with Crippen molar-refractivity contribution in [2.24, 2.45) is 0 Å². The van der Waals surface area contributed by atoms with Crippen molar-refractivity contribution in [2.45, 2.75) is 38.7 Å². The molecular weight excluding hydrogens is 246 g/mol. The molecule has 110 valence electrons. The average molecular weight is 272 g/mol. The second-order valence-electron chi connectivity index (χ2n) is 5.60. The van der Waals surface area contributed by atoms with E-state index in [1.807, 2.05) is 40.2 Å². The molecule has 5 heteroatoms. The van der Waals surface area contributed by atoms with Crippen LogP contribution < -0.4 is 0 Å². The van der Waals surface area contributed by atoms with Crippen LogP contribution in [0, 0.1) is 0 Å². The lowest BCUT2D eigenvalue weighted by Gasteiger charge is -2.28. The molecule has 0 saturated heterocycles. The predicted molar refractivity (Wildman–Crippen MR) is 73.7 cm³/mol. The second kappa shape index (κ2) is 8.69. The molecule has 1 unspecified atom stereocenters. The predicted octanol–water partition coefficient (Wildman–Crippen LogP) is 1.83. The SMILES string of the molecule is CC/C=C/CCC(=O)OC(CC(=O)O)C[N+](C)(C)C. The van der Waals surface area contributed by atoms with Crippen LogP contribution in [0.25, 0.3) is 0 Å².